The fourth-order valence-electron chi connectivity index (χ4n) is 2.16. The maximum atomic E-state index is 12.9. The van der Waals surface area contributed by atoms with Gasteiger partial charge in [0.1, 0.15) is 4.90 Å². The van der Waals surface area contributed by atoms with E-state index in [4.69, 9.17) is 23.2 Å². The van der Waals surface area contributed by atoms with Crippen molar-refractivity contribution in [1.29, 1.82) is 0 Å². The van der Waals surface area contributed by atoms with Gasteiger partial charge in [-0.05, 0) is 50.3 Å². The molecular formula is C14H19Cl2NO3S. The number of hydrogen-bond acceptors (Lipinski definition) is 3. The number of halogens is 2. The molecule has 1 aromatic carbocycles. The smallest absolute Gasteiger partial charge is 0.244 e. The summed E-state index contributed by atoms with van der Waals surface area (Å²) in [6, 6.07) is 2.58. The molecule has 21 heavy (non-hydrogen) atoms. The van der Waals surface area contributed by atoms with Crippen LogP contribution in [0.15, 0.2) is 17.0 Å². The number of benzene rings is 1. The van der Waals surface area contributed by atoms with Crippen LogP contribution in [0.4, 0.5) is 0 Å². The highest BCUT2D eigenvalue weighted by Gasteiger charge is 2.34. The van der Waals surface area contributed by atoms with Crippen LogP contribution in [-0.2, 0) is 16.6 Å². The van der Waals surface area contributed by atoms with E-state index in [1.54, 1.807) is 0 Å². The molecule has 1 saturated carbocycles. The van der Waals surface area contributed by atoms with Crippen molar-refractivity contribution in [3.8, 4) is 0 Å². The van der Waals surface area contributed by atoms with E-state index in [2.05, 4.69) is 0 Å². The minimum atomic E-state index is -3.70. The van der Waals surface area contributed by atoms with Gasteiger partial charge in [0.05, 0.1) is 11.6 Å². The van der Waals surface area contributed by atoms with Crippen molar-refractivity contribution in [3.05, 3.63) is 27.7 Å². The largest absolute Gasteiger partial charge is 0.392 e. The van der Waals surface area contributed by atoms with E-state index < -0.39 is 10.0 Å². The third-order valence-electron chi connectivity index (χ3n) is 3.57. The predicted octanol–water partition coefficient (Wildman–Crippen LogP) is 3.29. The molecule has 118 valence electrons. The Morgan fingerprint density at radius 1 is 1.29 bits per heavy atom. The van der Waals surface area contributed by atoms with Crippen LogP contribution in [0, 0.1) is 5.92 Å². The van der Waals surface area contributed by atoms with Crippen molar-refractivity contribution in [1.82, 2.24) is 4.31 Å². The SMILES string of the molecule is CC(C)N(CC1CC1)S(=O)(=O)c1cc(CO)c(Cl)cc1Cl. The van der Waals surface area contributed by atoms with Gasteiger partial charge in [0.2, 0.25) is 10.0 Å². The van der Waals surface area contributed by atoms with Crippen LogP contribution >= 0.6 is 23.2 Å². The van der Waals surface area contributed by atoms with E-state index in [0.717, 1.165) is 12.8 Å². The zero-order valence-corrected chi connectivity index (χ0v) is 14.3. The average Bonchev–Trinajstić information content (AvgIpc) is 3.19. The van der Waals surface area contributed by atoms with Crippen molar-refractivity contribution in [2.24, 2.45) is 5.92 Å². The molecule has 2 rings (SSSR count). The van der Waals surface area contributed by atoms with Gasteiger partial charge < -0.3 is 5.11 Å². The lowest BCUT2D eigenvalue weighted by Gasteiger charge is -2.26. The second kappa shape index (κ2) is 6.42. The molecule has 0 amide bonds. The molecule has 0 heterocycles. The summed E-state index contributed by atoms with van der Waals surface area (Å²) in [5.74, 6) is 0.436. The lowest BCUT2D eigenvalue weighted by atomic mass is 10.2. The molecule has 1 aromatic rings. The molecule has 0 spiro atoms. The summed E-state index contributed by atoms with van der Waals surface area (Å²) in [6.45, 7) is 3.86. The second-order valence-corrected chi connectivity index (χ2v) is 8.32. The minimum absolute atomic E-state index is 0.00645. The Labute approximate surface area is 135 Å². The lowest BCUT2D eigenvalue weighted by Crippen LogP contribution is -2.38. The van der Waals surface area contributed by atoms with Crippen LogP contribution in [0.1, 0.15) is 32.3 Å². The highest BCUT2D eigenvalue weighted by Crippen LogP contribution is 2.35. The van der Waals surface area contributed by atoms with Crippen molar-refractivity contribution >= 4 is 33.2 Å². The normalized spacial score (nSPS) is 16.0. The van der Waals surface area contributed by atoms with Crippen molar-refractivity contribution in [2.45, 2.75) is 44.2 Å². The van der Waals surface area contributed by atoms with Gasteiger partial charge in [0.25, 0.3) is 0 Å². The number of rotatable bonds is 6. The highest BCUT2D eigenvalue weighted by atomic mass is 35.5. The lowest BCUT2D eigenvalue weighted by molar-refractivity contribution is 0.281. The van der Waals surface area contributed by atoms with E-state index >= 15 is 0 Å². The summed E-state index contributed by atoms with van der Waals surface area (Å²) in [6.07, 6.45) is 2.13. The first kappa shape index (κ1) is 17.0. The average molecular weight is 352 g/mol. The first-order valence-electron chi connectivity index (χ1n) is 6.88. The van der Waals surface area contributed by atoms with Crippen LogP contribution in [-0.4, -0.2) is 30.4 Å². The molecule has 7 heteroatoms. The molecule has 0 atom stereocenters. The Morgan fingerprint density at radius 2 is 1.90 bits per heavy atom. The fourth-order valence-corrected chi connectivity index (χ4v) is 4.70. The van der Waals surface area contributed by atoms with Crippen molar-refractivity contribution < 1.29 is 13.5 Å². The summed E-state index contributed by atoms with van der Waals surface area (Å²) in [5.41, 5.74) is 0.356. The standard InChI is InChI=1S/C14H19Cl2NO3S/c1-9(2)17(7-10-3-4-10)21(19,20)14-5-11(8-18)12(15)6-13(14)16/h5-6,9-10,18H,3-4,7-8H2,1-2H3. The van der Waals surface area contributed by atoms with Crippen molar-refractivity contribution in [3.63, 3.8) is 0 Å². The summed E-state index contributed by atoms with van der Waals surface area (Å²) in [7, 11) is -3.70. The van der Waals surface area contributed by atoms with Gasteiger partial charge in [0.15, 0.2) is 0 Å². The van der Waals surface area contributed by atoms with Crippen LogP contribution < -0.4 is 0 Å². The summed E-state index contributed by atoms with van der Waals surface area (Å²) < 4.78 is 27.2. The van der Waals surface area contributed by atoms with E-state index in [-0.39, 0.29) is 27.6 Å². The molecule has 0 bridgehead atoms. The fraction of sp³-hybridized carbons (Fsp3) is 0.571. The van der Waals surface area contributed by atoms with Gasteiger partial charge in [-0.3, -0.25) is 0 Å². The topological polar surface area (TPSA) is 57.6 Å². The highest BCUT2D eigenvalue weighted by molar-refractivity contribution is 7.89. The number of aliphatic hydroxyl groups excluding tert-OH is 1. The quantitative estimate of drug-likeness (QED) is 0.855. The number of hydrogen-bond donors (Lipinski definition) is 1. The molecule has 0 unspecified atom stereocenters. The first-order chi connectivity index (χ1) is 9.77. The maximum Gasteiger partial charge on any atom is 0.244 e. The van der Waals surface area contributed by atoms with Crippen LogP contribution in [0.25, 0.3) is 0 Å². The Balaban J connectivity index is 2.45. The second-order valence-electron chi connectivity index (χ2n) is 5.64. The van der Waals surface area contributed by atoms with Gasteiger partial charge in [-0.25, -0.2) is 8.42 Å². The Kier molecular flexibility index (Phi) is 5.21. The molecule has 0 radical (unpaired) electrons. The van der Waals surface area contributed by atoms with Gasteiger partial charge in [-0.15, -0.1) is 0 Å². The number of aliphatic hydroxyl groups is 1. The Bertz CT molecular complexity index is 627. The van der Waals surface area contributed by atoms with Crippen LogP contribution in [0.3, 0.4) is 0 Å². The zero-order valence-electron chi connectivity index (χ0n) is 12.0. The van der Waals surface area contributed by atoms with E-state index in [9.17, 15) is 13.5 Å². The summed E-state index contributed by atoms with van der Waals surface area (Å²) in [5, 5.41) is 9.61. The van der Waals surface area contributed by atoms with Gasteiger partial charge >= 0.3 is 0 Å². The van der Waals surface area contributed by atoms with Crippen molar-refractivity contribution in [2.75, 3.05) is 6.54 Å². The monoisotopic (exact) mass is 351 g/mol. The third-order valence-corrected chi connectivity index (χ3v) is 6.43. The molecule has 0 aliphatic heterocycles. The first-order valence-corrected chi connectivity index (χ1v) is 9.07. The molecule has 1 fully saturated rings. The minimum Gasteiger partial charge on any atom is -0.392 e. The molecule has 4 nitrogen and oxygen atoms in total. The molecule has 1 N–H and O–H groups in total. The van der Waals surface area contributed by atoms with E-state index in [1.807, 2.05) is 13.8 Å². The van der Waals surface area contributed by atoms with Crippen LogP contribution in [0.2, 0.25) is 10.0 Å². The van der Waals surface area contributed by atoms with E-state index in [1.165, 1.54) is 16.4 Å². The maximum absolute atomic E-state index is 12.9. The zero-order chi connectivity index (χ0) is 15.8. The molecule has 0 saturated heterocycles. The van der Waals surface area contributed by atoms with Gasteiger partial charge in [0, 0.05) is 17.6 Å². The third kappa shape index (κ3) is 3.71. The summed E-state index contributed by atoms with van der Waals surface area (Å²) >= 11 is 12.0. The van der Waals surface area contributed by atoms with Gasteiger partial charge in [-0.2, -0.15) is 4.31 Å². The van der Waals surface area contributed by atoms with Crippen LogP contribution in [0.5, 0.6) is 0 Å². The number of sulfonamides is 1. The van der Waals surface area contributed by atoms with Gasteiger partial charge in [-0.1, -0.05) is 23.2 Å². The molecule has 0 aromatic heterocycles. The molecule has 1 aliphatic rings. The Morgan fingerprint density at radius 3 is 2.38 bits per heavy atom. The predicted molar refractivity (Wildman–Crippen MR) is 84.1 cm³/mol. The van der Waals surface area contributed by atoms with E-state index in [0.29, 0.717) is 18.0 Å². The number of nitrogens with zero attached hydrogens (tertiary/aromatic N) is 1. The molecular weight excluding hydrogens is 333 g/mol. The Hall–Kier alpha value is -0.330. The molecule has 1 aliphatic carbocycles. The summed E-state index contributed by atoms with van der Waals surface area (Å²) in [4.78, 5) is 0.00645.